The van der Waals surface area contributed by atoms with Gasteiger partial charge >= 0.3 is 0 Å². The number of carbonyl (C=O) groups excluding carboxylic acids is 1. The van der Waals surface area contributed by atoms with Crippen LogP contribution >= 0.6 is 0 Å². The van der Waals surface area contributed by atoms with Crippen LogP contribution in [0.15, 0.2) is 48.5 Å². The van der Waals surface area contributed by atoms with Crippen molar-refractivity contribution >= 4 is 5.91 Å². The van der Waals surface area contributed by atoms with Crippen molar-refractivity contribution in [1.82, 2.24) is 5.32 Å². The highest BCUT2D eigenvalue weighted by molar-refractivity contribution is 5.81. The molecule has 5 nitrogen and oxygen atoms in total. The van der Waals surface area contributed by atoms with Gasteiger partial charge in [0.15, 0.2) is 6.10 Å². The third-order valence-electron chi connectivity index (χ3n) is 3.95. The number of ether oxygens (including phenoxy) is 3. The first-order chi connectivity index (χ1) is 12.1. The highest BCUT2D eigenvalue weighted by Gasteiger charge is 2.22. The molecule has 0 fully saturated rings. The SMILES string of the molecule is CC[C@H](Oc1cccc(OC)c1)C(=O)N[C@H](C)c1ccccc1OC. The molecule has 1 amide bonds. The van der Waals surface area contributed by atoms with E-state index in [0.29, 0.717) is 17.9 Å². The van der Waals surface area contributed by atoms with Crippen LogP contribution in [0.3, 0.4) is 0 Å². The molecule has 0 bridgehead atoms. The average molecular weight is 343 g/mol. The molecule has 5 heteroatoms. The number of amides is 1. The Balaban J connectivity index is 2.06. The van der Waals surface area contributed by atoms with E-state index in [2.05, 4.69) is 5.32 Å². The Morgan fingerprint density at radius 3 is 2.44 bits per heavy atom. The number of hydrogen-bond donors (Lipinski definition) is 1. The highest BCUT2D eigenvalue weighted by atomic mass is 16.5. The van der Waals surface area contributed by atoms with Gasteiger partial charge in [0.2, 0.25) is 0 Å². The second-order valence-electron chi connectivity index (χ2n) is 5.67. The highest BCUT2D eigenvalue weighted by Crippen LogP contribution is 2.25. The maximum Gasteiger partial charge on any atom is 0.261 e. The molecule has 1 N–H and O–H groups in total. The minimum Gasteiger partial charge on any atom is -0.497 e. The van der Waals surface area contributed by atoms with Crippen molar-refractivity contribution in [2.45, 2.75) is 32.4 Å². The first-order valence-electron chi connectivity index (χ1n) is 8.33. The summed E-state index contributed by atoms with van der Waals surface area (Å²) in [4.78, 5) is 12.6. The Labute approximate surface area is 148 Å². The zero-order valence-electron chi connectivity index (χ0n) is 15.1. The second-order valence-corrected chi connectivity index (χ2v) is 5.67. The molecule has 0 radical (unpaired) electrons. The molecular formula is C20H25NO4. The van der Waals surface area contributed by atoms with E-state index in [1.807, 2.05) is 56.3 Å². The molecule has 0 saturated heterocycles. The lowest BCUT2D eigenvalue weighted by atomic mass is 10.1. The van der Waals surface area contributed by atoms with Crippen molar-refractivity contribution in [3.05, 3.63) is 54.1 Å². The van der Waals surface area contributed by atoms with E-state index in [9.17, 15) is 4.79 Å². The van der Waals surface area contributed by atoms with E-state index in [-0.39, 0.29) is 11.9 Å². The van der Waals surface area contributed by atoms with Crippen LogP contribution in [-0.2, 0) is 4.79 Å². The van der Waals surface area contributed by atoms with Crippen LogP contribution in [0.1, 0.15) is 31.9 Å². The lowest BCUT2D eigenvalue weighted by Crippen LogP contribution is -2.39. The van der Waals surface area contributed by atoms with Crippen molar-refractivity contribution in [3.8, 4) is 17.2 Å². The molecule has 0 heterocycles. The van der Waals surface area contributed by atoms with E-state index < -0.39 is 6.10 Å². The first kappa shape index (κ1) is 18.6. The van der Waals surface area contributed by atoms with Crippen molar-refractivity contribution in [2.24, 2.45) is 0 Å². The zero-order chi connectivity index (χ0) is 18.2. The summed E-state index contributed by atoms with van der Waals surface area (Å²) in [6, 6.07) is 14.7. The predicted octanol–water partition coefficient (Wildman–Crippen LogP) is 3.74. The Hall–Kier alpha value is -2.69. The maximum atomic E-state index is 12.6. The monoisotopic (exact) mass is 343 g/mol. The first-order valence-corrected chi connectivity index (χ1v) is 8.33. The number of methoxy groups -OCH3 is 2. The average Bonchev–Trinajstić information content (AvgIpc) is 2.65. The van der Waals surface area contributed by atoms with Crippen molar-refractivity contribution in [1.29, 1.82) is 0 Å². The molecule has 2 aromatic carbocycles. The van der Waals surface area contributed by atoms with Crippen LogP contribution < -0.4 is 19.5 Å². The molecule has 2 atom stereocenters. The molecule has 0 saturated carbocycles. The predicted molar refractivity (Wildman–Crippen MR) is 97.3 cm³/mol. The molecule has 0 aromatic heterocycles. The lowest BCUT2D eigenvalue weighted by Gasteiger charge is -2.22. The summed E-state index contributed by atoms with van der Waals surface area (Å²) >= 11 is 0. The van der Waals surface area contributed by atoms with Crippen LogP contribution in [0.2, 0.25) is 0 Å². The molecule has 0 unspecified atom stereocenters. The standard InChI is InChI=1S/C20H25NO4/c1-5-18(25-16-10-8-9-15(13-16)23-3)20(22)21-14(2)17-11-6-7-12-19(17)24-4/h6-14,18H,5H2,1-4H3,(H,21,22)/t14-,18+/m1/s1. The molecule has 2 aromatic rings. The van der Waals surface area contributed by atoms with Gasteiger partial charge in [-0.25, -0.2) is 0 Å². The van der Waals surface area contributed by atoms with Crippen LogP contribution in [0.5, 0.6) is 17.2 Å². The number of hydrogen-bond acceptors (Lipinski definition) is 4. The van der Waals surface area contributed by atoms with Gasteiger partial charge in [0.05, 0.1) is 20.3 Å². The summed E-state index contributed by atoms with van der Waals surface area (Å²) in [6.45, 7) is 3.84. The Kier molecular flexibility index (Phi) is 6.69. The summed E-state index contributed by atoms with van der Waals surface area (Å²) in [7, 11) is 3.21. The zero-order valence-corrected chi connectivity index (χ0v) is 15.1. The van der Waals surface area contributed by atoms with E-state index in [1.54, 1.807) is 20.3 Å². The fourth-order valence-electron chi connectivity index (χ4n) is 2.57. The second kappa shape index (κ2) is 8.97. The van der Waals surface area contributed by atoms with E-state index in [0.717, 1.165) is 11.3 Å². The van der Waals surface area contributed by atoms with Gasteiger partial charge in [-0.05, 0) is 31.5 Å². The number of para-hydroxylation sites is 1. The minimum absolute atomic E-state index is 0.163. The van der Waals surface area contributed by atoms with Gasteiger partial charge in [-0.15, -0.1) is 0 Å². The fraction of sp³-hybridized carbons (Fsp3) is 0.350. The van der Waals surface area contributed by atoms with Gasteiger partial charge < -0.3 is 19.5 Å². The maximum absolute atomic E-state index is 12.6. The van der Waals surface area contributed by atoms with Crippen molar-refractivity contribution in [2.75, 3.05) is 14.2 Å². The van der Waals surface area contributed by atoms with Crippen LogP contribution in [0.4, 0.5) is 0 Å². The third kappa shape index (κ3) is 4.89. The summed E-state index contributed by atoms with van der Waals surface area (Å²) in [5.41, 5.74) is 0.926. The van der Waals surface area contributed by atoms with Gasteiger partial charge in [0.25, 0.3) is 5.91 Å². The number of nitrogens with one attached hydrogen (secondary N) is 1. The molecule has 25 heavy (non-hydrogen) atoms. The van der Waals surface area contributed by atoms with Gasteiger partial charge in [-0.1, -0.05) is 31.2 Å². The van der Waals surface area contributed by atoms with Crippen molar-refractivity contribution < 1.29 is 19.0 Å². The van der Waals surface area contributed by atoms with Crippen LogP contribution in [0.25, 0.3) is 0 Å². The van der Waals surface area contributed by atoms with Gasteiger partial charge in [0, 0.05) is 11.6 Å². The van der Waals surface area contributed by atoms with Crippen molar-refractivity contribution in [3.63, 3.8) is 0 Å². The quantitative estimate of drug-likeness (QED) is 0.793. The van der Waals surface area contributed by atoms with E-state index >= 15 is 0 Å². The smallest absolute Gasteiger partial charge is 0.261 e. The molecule has 2 rings (SSSR count). The third-order valence-corrected chi connectivity index (χ3v) is 3.95. The summed E-state index contributed by atoms with van der Waals surface area (Å²) in [6.07, 6.45) is -0.0222. The molecule has 0 spiro atoms. The summed E-state index contributed by atoms with van der Waals surface area (Å²) in [5, 5.41) is 3.00. The topological polar surface area (TPSA) is 56.8 Å². The molecule has 0 aliphatic heterocycles. The van der Waals surface area contributed by atoms with E-state index in [1.165, 1.54) is 0 Å². The van der Waals surface area contributed by atoms with Gasteiger partial charge in [0.1, 0.15) is 17.2 Å². The van der Waals surface area contributed by atoms with Gasteiger partial charge in [-0.2, -0.15) is 0 Å². The largest absolute Gasteiger partial charge is 0.497 e. The Morgan fingerprint density at radius 2 is 1.76 bits per heavy atom. The molecular weight excluding hydrogens is 318 g/mol. The van der Waals surface area contributed by atoms with Crippen LogP contribution in [0, 0.1) is 0 Å². The number of carbonyl (C=O) groups is 1. The van der Waals surface area contributed by atoms with Gasteiger partial charge in [-0.3, -0.25) is 4.79 Å². The lowest BCUT2D eigenvalue weighted by molar-refractivity contribution is -0.128. The molecule has 134 valence electrons. The Bertz CT molecular complexity index is 702. The summed E-state index contributed by atoms with van der Waals surface area (Å²) in [5.74, 6) is 1.88. The Morgan fingerprint density at radius 1 is 1.04 bits per heavy atom. The van der Waals surface area contributed by atoms with Crippen LogP contribution in [-0.4, -0.2) is 26.2 Å². The fourth-order valence-corrected chi connectivity index (χ4v) is 2.57. The van der Waals surface area contributed by atoms with E-state index in [4.69, 9.17) is 14.2 Å². The molecule has 0 aliphatic carbocycles. The molecule has 0 aliphatic rings. The normalized spacial score (nSPS) is 12.8. The minimum atomic E-state index is -0.579. The summed E-state index contributed by atoms with van der Waals surface area (Å²) < 4.78 is 16.4. The number of benzene rings is 2. The number of rotatable bonds is 8.